The van der Waals surface area contributed by atoms with Gasteiger partial charge in [0, 0.05) is 24.0 Å². The van der Waals surface area contributed by atoms with Crippen LogP contribution in [-0.4, -0.2) is 21.4 Å². The summed E-state index contributed by atoms with van der Waals surface area (Å²) in [6.07, 6.45) is 6.15. The molecule has 0 unspecified atom stereocenters. The van der Waals surface area contributed by atoms with Gasteiger partial charge < -0.3 is 4.74 Å². The van der Waals surface area contributed by atoms with E-state index in [4.69, 9.17) is 4.74 Å². The molecule has 0 saturated heterocycles. The van der Waals surface area contributed by atoms with Gasteiger partial charge in [0.05, 0.1) is 18.0 Å². The summed E-state index contributed by atoms with van der Waals surface area (Å²) in [5.74, 6) is 1.19. The average molecular weight is 349 g/mol. The topological polar surface area (TPSA) is 39.9 Å². The molecule has 0 fully saturated rings. The van der Waals surface area contributed by atoms with Crippen LogP contribution in [0.2, 0.25) is 0 Å². The van der Waals surface area contributed by atoms with Gasteiger partial charge in [0.25, 0.3) is 0 Å². The maximum Gasteiger partial charge on any atom is 0.213 e. The third-order valence-corrected chi connectivity index (χ3v) is 4.79. The summed E-state index contributed by atoms with van der Waals surface area (Å²) in [6.45, 7) is 9.10. The fourth-order valence-electron chi connectivity index (χ4n) is 3.33. The lowest BCUT2D eigenvalue weighted by atomic mass is 9.90. The van der Waals surface area contributed by atoms with E-state index >= 15 is 0 Å². The standard InChI is InChI=1S/C22H27N3O/c1-5-17(6-2)20-10-8-18(14-21(20)25-13-12-16(4)24-25)19-9-11-22(23-15-19)26-7-3/h8-15,17H,5-7H2,1-4H3. The minimum Gasteiger partial charge on any atom is -0.478 e. The third-order valence-electron chi connectivity index (χ3n) is 4.79. The zero-order chi connectivity index (χ0) is 18.5. The first-order chi connectivity index (χ1) is 12.7. The van der Waals surface area contributed by atoms with Crippen molar-refractivity contribution in [2.75, 3.05) is 6.61 Å². The van der Waals surface area contributed by atoms with Crippen LogP contribution in [0.3, 0.4) is 0 Å². The Hall–Kier alpha value is -2.62. The molecular weight excluding hydrogens is 322 g/mol. The molecule has 0 amide bonds. The van der Waals surface area contributed by atoms with Crippen molar-refractivity contribution in [3.8, 4) is 22.7 Å². The molecule has 0 bridgehead atoms. The van der Waals surface area contributed by atoms with Crippen molar-refractivity contribution >= 4 is 0 Å². The molecule has 0 spiro atoms. The van der Waals surface area contributed by atoms with Crippen LogP contribution in [0.25, 0.3) is 16.8 Å². The van der Waals surface area contributed by atoms with Gasteiger partial charge in [-0.3, -0.25) is 0 Å². The molecule has 26 heavy (non-hydrogen) atoms. The number of hydrogen-bond donors (Lipinski definition) is 0. The van der Waals surface area contributed by atoms with Crippen molar-refractivity contribution in [1.82, 2.24) is 14.8 Å². The number of ether oxygens (including phenoxy) is 1. The number of hydrogen-bond acceptors (Lipinski definition) is 3. The molecular formula is C22H27N3O. The molecule has 136 valence electrons. The van der Waals surface area contributed by atoms with Gasteiger partial charge in [-0.05, 0) is 61.9 Å². The quantitative estimate of drug-likeness (QED) is 0.562. The highest BCUT2D eigenvalue weighted by atomic mass is 16.5. The SMILES string of the molecule is CCOc1ccc(-c2ccc(C(CC)CC)c(-n3ccc(C)n3)c2)cn1. The predicted molar refractivity (Wildman–Crippen MR) is 106 cm³/mol. The van der Waals surface area contributed by atoms with Gasteiger partial charge in [-0.1, -0.05) is 26.0 Å². The van der Waals surface area contributed by atoms with Crippen molar-refractivity contribution in [2.24, 2.45) is 0 Å². The Labute approximate surface area is 155 Å². The van der Waals surface area contributed by atoms with Gasteiger partial charge in [0.1, 0.15) is 0 Å². The minimum absolute atomic E-state index is 0.530. The summed E-state index contributed by atoms with van der Waals surface area (Å²) in [5, 5.41) is 4.65. The van der Waals surface area contributed by atoms with Crippen LogP contribution < -0.4 is 4.74 Å². The zero-order valence-electron chi connectivity index (χ0n) is 16.1. The molecule has 0 aliphatic carbocycles. The van der Waals surface area contributed by atoms with E-state index in [1.54, 1.807) is 0 Å². The first-order valence-corrected chi connectivity index (χ1v) is 9.42. The smallest absolute Gasteiger partial charge is 0.213 e. The van der Waals surface area contributed by atoms with Crippen LogP contribution in [-0.2, 0) is 0 Å². The van der Waals surface area contributed by atoms with E-state index in [0.717, 1.165) is 35.3 Å². The van der Waals surface area contributed by atoms with Crippen LogP contribution >= 0.6 is 0 Å². The summed E-state index contributed by atoms with van der Waals surface area (Å²) < 4.78 is 7.44. The highest BCUT2D eigenvalue weighted by molar-refractivity contribution is 5.67. The van der Waals surface area contributed by atoms with Gasteiger partial charge in [-0.2, -0.15) is 5.10 Å². The second-order valence-electron chi connectivity index (χ2n) is 6.51. The maximum atomic E-state index is 5.45. The van der Waals surface area contributed by atoms with Crippen LogP contribution in [0.1, 0.15) is 50.8 Å². The van der Waals surface area contributed by atoms with Crippen molar-refractivity contribution < 1.29 is 4.74 Å². The summed E-state index contributed by atoms with van der Waals surface area (Å²) in [6, 6.07) is 12.7. The first kappa shape index (κ1) is 18.2. The lowest BCUT2D eigenvalue weighted by molar-refractivity contribution is 0.327. The molecule has 4 heteroatoms. The molecule has 0 radical (unpaired) electrons. The van der Waals surface area contributed by atoms with E-state index in [9.17, 15) is 0 Å². The highest BCUT2D eigenvalue weighted by Gasteiger charge is 2.15. The molecule has 1 aromatic carbocycles. The lowest BCUT2D eigenvalue weighted by Gasteiger charge is -2.19. The first-order valence-electron chi connectivity index (χ1n) is 9.42. The Morgan fingerprint density at radius 3 is 2.35 bits per heavy atom. The average Bonchev–Trinajstić information content (AvgIpc) is 3.10. The Balaban J connectivity index is 2.05. The van der Waals surface area contributed by atoms with Crippen LogP contribution in [0.5, 0.6) is 5.88 Å². The molecule has 0 saturated carbocycles. The molecule has 2 aromatic heterocycles. The zero-order valence-corrected chi connectivity index (χ0v) is 16.1. The summed E-state index contributed by atoms with van der Waals surface area (Å²) in [7, 11) is 0. The Kier molecular flexibility index (Phi) is 5.71. The molecule has 0 atom stereocenters. The summed E-state index contributed by atoms with van der Waals surface area (Å²) in [4.78, 5) is 4.40. The van der Waals surface area contributed by atoms with Gasteiger partial charge in [-0.25, -0.2) is 9.67 Å². The van der Waals surface area contributed by atoms with Crippen molar-refractivity contribution in [1.29, 1.82) is 0 Å². The second-order valence-corrected chi connectivity index (χ2v) is 6.51. The van der Waals surface area contributed by atoms with Gasteiger partial charge >= 0.3 is 0 Å². The Morgan fingerprint density at radius 2 is 1.77 bits per heavy atom. The second kappa shape index (κ2) is 8.17. The molecule has 3 rings (SSSR count). The van der Waals surface area contributed by atoms with Crippen LogP contribution in [0, 0.1) is 6.92 Å². The summed E-state index contributed by atoms with van der Waals surface area (Å²) in [5.41, 5.74) is 5.74. The molecule has 0 aliphatic rings. The molecule has 0 N–H and O–H groups in total. The number of aryl methyl sites for hydroxylation is 1. The highest BCUT2D eigenvalue weighted by Crippen LogP contribution is 2.32. The monoisotopic (exact) mass is 349 g/mol. The van der Waals surface area contributed by atoms with E-state index in [2.05, 4.69) is 48.2 Å². The fourth-order valence-corrected chi connectivity index (χ4v) is 3.33. The Bertz CT molecular complexity index is 848. The third kappa shape index (κ3) is 3.79. The number of rotatable bonds is 7. The van der Waals surface area contributed by atoms with E-state index in [1.165, 1.54) is 5.56 Å². The summed E-state index contributed by atoms with van der Waals surface area (Å²) >= 11 is 0. The molecule has 2 heterocycles. The van der Waals surface area contributed by atoms with E-state index < -0.39 is 0 Å². The number of benzene rings is 1. The normalized spacial score (nSPS) is 11.1. The van der Waals surface area contributed by atoms with Crippen molar-refractivity contribution in [2.45, 2.75) is 46.5 Å². The lowest BCUT2D eigenvalue weighted by Crippen LogP contribution is -2.05. The van der Waals surface area contributed by atoms with Gasteiger partial charge in [0.2, 0.25) is 5.88 Å². The van der Waals surface area contributed by atoms with Crippen LogP contribution in [0.4, 0.5) is 0 Å². The van der Waals surface area contributed by atoms with E-state index in [1.807, 2.05) is 43.1 Å². The number of pyridine rings is 1. The molecule has 3 aromatic rings. The minimum atomic E-state index is 0.530. The Morgan fingerprint density at radius 1 is 1.00 bits per heavy atom. The van der Waals surface area contributed by atoms with Crippen molar-refractivity contribution in [3.05, 3.63) is 60.0 Å². The number of aromatic nitrogens is 3. The number of nitrogens with zero attached hydrogens (tertiary/aromatic N) is 3. The largest absolute Gasteiger partial charge is 0.478 e. The fraction of sp³-hybridized carbons (Fsp3) is 0.364. The molecule has 0 aliphatic heterocycles. The maximum absolute atomic E-state index is 5.45. The van der Waals surface area contributed by atoms with E-state index in [0.29, 0.717) is 18.4 Å². The van der Waals surface area contributed by atoms with Gasteiger partial charge in [-0.15, -0.1) is 0 Å². The van der Waals surface area contributed by atoms with E-state index in [-0.39, 0.29) is 0 Å². The van der Waals surface area contributed by atoms with Gasteiger partial charge in [0.15, 0.2) is 0 Å². The predicted octanol–water partition coefficient (Wildman–Crippen LogP) is 5.55. The van der Waals surface area contributed by atoms with Crippen molar-refractivity contribution in [3.63, 3.8) is 0 Å². The van der Waals surface area contributed by atoms with Crippen LogP contribution in [0.15, 0.2) is 48.8 Å². The molecule has 4 nitrogen and oxygen atoms in total.